The van der Waals surface area contributed by atoms with Gasteiger partial charge < -0.3 is 9.26 Å². The average molecular weight is 219 g/mol. The zero-order valence-electron chi connectivity index (χ0n) is 8.71. The van der Waals surface area contributed by atoms with Crippen LogP contribution in [-0.2, 0) is 16.2 Å². The van der Waals surface area contributed by atoms with Gasteiger partial charge in [0.05, 0.1) is 0 Å². The lowest BCUT2D eigenvalue weighted by Gasteiger charge is -2.25. The second kappa shape index (κ2) is 4.75. The molecule has 0 spiro atoms. The molecule has 14 heavy (non-hydrogen) atoms. The van der Waals surface area contributed by atoms with Gasteiger partial charge in [0.2, 0.25) is 11.7 Å². The van der Waals surface area contributed by atoms with E-state index in [0.29, 0.717) is 11.7 Å². The van der Waals surface area contributed by atoms with Crippen molar-refractivity contribution in [1.29, 1.82) is 0 Å². The molecule has 1 rings (SSSR count). The van der Waals surface area contributed by atoms with Crippen molar-refractivity contribution in [1.82, 2.24) is 10.1 Å². The van der Waals surface area contributed by atoms with Gasteiger partial charge in [-0.3, -0.25) is 0 Å². The molecule has 0 aliphatic heterocycles. The predicted octanol–water partition coefficient (Wildman–Crippen LogP) is 2.47. The maximum absolute atomic E-state index is 5.58. The second-order valence-corrected chi connectivity index (χ2v) is 3.32. The molecule has 0 aromatic carbocycles. The molecule has 1 aromatic heterocycles. The molecule has 0 amide bonds. The molecule has 80 valence electrons. The number of rotatable bonds is 5. The van der Waals surface area contributed by atoms with Crippen LogP contribution in [0.3, 0.4) is 0 Å². The van der Waals surface area contributed by atoms with E-state index in [-0.39, 0.29) is 5.88 Å². The fourth-order valence-corrected chi connectivity index (χ4v) is 1.55. The molecule has 0 atom stereocenters. The van der Waals surface area contributed by atoms with Crippen LogP contribution in [0.25, 0.3) is 0 Å². The monoisotopic (exact) mass is 218 g/mol. The summed E-state index contributed by atoms with van der Waals surface area (Å²) in [6, 6.07) is 0. The summed E-state index contributed by atoms with van der Waals surface area (Å²) in [4.78, 5) is 4.18. The minimum absolute atomic E-state index is 0.236. The summed E-state index contributed by atoms with van der Waals surface area (Å²) in [6.45, 7) is 4.06. The molecular weight excluding hydrogens is 204 g/mol. The summed E-state index contributed by atoms with van der Waals surface area (Å²) in [5, 5.41) is 3.88. The number of halogens is 1. The lowest BCUT2D eigenvalue weighted by atomic mass is 9.96. The van der Waals surface area contributed by atoms with Crippen LogP contribution < -0.4 is 0 Å². The summed E-state index contributed by atoms with van der Waals surface area (Å²) >= 11 is 5.58. The van der Waals surface area contributed by atoms with Gasteiger partial charge in [-0.1, -0.05) is 19.0 Å². The Morgan fingerprint density at radius 3 is 2.43 bits per heavy atom. The van der Waals surface area contributed by atoms with E-state index < -0.39 is 5.60 Å². The maximum atomic E-state index is 5.58. The van der Waals surface area contributed by atoms with Crippen LogP contribution in [0.15, 0.2) is 4.52 Å². The first-order chi connectivity index (χ1) is 6.72. The number of methoxy groups -OCH3 is 1. The Hall–Kier alpha value is -0.610. The SMILES string of the molecule is CCC(CC)(OC)c1noc(CCl)n1. The van der Waals surface area contributed by atoms with E-state index in [2.05, 4.69) is 10.1 Å². The molecule has 0 aliphatic rings. The lowest BCUT2D eigenvalue weighted by Crippen LogP contribution is -2.28. The minimum Gasteiger partial charge on any atom is -0.370 e. The fourth-order valence-electron chi connectivity index (χ4n) is 1.44. The molecule has 0 aliphatic carbocycles. The highest BCUT2D eigenvalue weighted by atomic mass is 35.5. The van der Waals surface area contributed by atoms with Crippen LogP contribution in [0, 0.1) is 0 Å². The van der Waals surface area contributed by atoms with Crippen molar-refractivity contribution >= 4 is 11.6 Å². The van der Waals surface area contributed by atoms with Gasteiger partial charge in [0, 0.05) is 7.11 Å². The number of nitrogens with zero attached hydrogens (tertiary/aromatic N) is 2. The molecule has 5 heteroatoms. The van der Waals surface area contributed by atoms with Gasteiger partial charge in [-0.2, -0.15) is 4.98 Å². The molecular formula is C9H15ClN2O2. The number of hydrogen-bond donors (Lipinski definition) is 0. The first-order valence-corrected chi connectivity index (χ1v) is 5.20. The largest absolute Gasteiger partial charge is 0.370 e. The minimum atomic E-state index is -0.437. The highest BCUT2D eigenvalue weighted by molar-refractivity contribution is 6.16. The van der Waals surface area contributed by atoms with Crippen molar-refractivity contribution in [3.05, 3.63) is 11.7 Å². The van der Waals surface area contributed by atoms with E-state index in [4.69, 9.17) is 20.9 Å². The van der Waals surface area contributed by atoms with Gasteiger partial charge in [0.15, 0.2) is 0 Å². The molecule has 0 saturated carbocycles. The van der Waals surface area contributed by atoms with Crippen LogP contribution in [0.1, 0.15) is 38.4 Å². The highest BCUT2D eigenvalue weighted by Gasteiger charge is 2.33. The third kappa shape index (κ3) is 1.91. The Morgan fingerprint density at radius 2 is 2.07 bits per heavy atom. The van der Waals surface area contributed by atoms with E-state index in [0.717, 1.165) is 12.8 Å². The first kappa shape index (κ1) is 11.5. The Bertz CT molecular complexity index is 276. The third-order valence-electron chi connectivity index (χ3n) is 2.52. The summed E-state index contributed by atoms with van der Waals surface area (Å²) < 4.78 is 10.4. The molecule has 1 aromatic rings. The van der Waals surface area contributed by atoms with Crippen molar-refractivity contribution in [3.8, 4) is 0 Å². The van der Waals surface area contributed by atoms with Gasteiger partial charge in [0.25, 0.3) is 0 Å². The molecule has 0 fully saturated rings. The molecule has 0 saturated heterocycles. The summed E-state index contributed by atoms with van der Waals surface area (Å²) in [7, 11) is 1.66. The van der Waals surface area contributed by atoms with E-state index in [1.54, 1.807) is 7.11 Å². The third-order valence-corrected chi connectivity index (χ3v) is 2.75. The van der Waals surface area contributed by atoms with Crippen LogP contribution >= 0.6 is 11.6 Å². The smallest absolute Gasteiger partial charge is 0.241 e. The molecule has 0 N–H and O–H groups in total. The van der Waals surface area contributed by atoms with Crippen LogP contribution in [0.2, 0.25) is 0 Å². The number of alkyl halides is 1. The number of ether oxygens (including phenoxy) is 1. The molecule has 0 radical (unpaired) electrons. The van der Waals surface area contributed by atoms with Crippen LogP contribution in [-0.4, -0.2) is 17.3 Å². The quantitative estimate of drug-likeness (QED) is 0.713. The van der Waals surface area contributed by atoms with Crippen LogP contribution in [0.4, 0.5) is 0 Å². The molecule has 0 unspecified atom stereocenters. The number of hydrogen-bond acceptors (Lipinski definition) is 4. The summed E-state index contributed by atoms with van der Waals surface area (Å²) in [5.41, 5.74) is -0.437. The van der Waals surface area contributed by atoms with E-state index in [1.165, 1.54) is 0 Å². The van der Waals surface area contributed by atoms with Crippen LogP contribution in [0.5, 0.6) is 0 Å². The normalized spacial score (nSPS) is 12.0. The van der Waals surface area contributed by atoms with Gasteiger partial charge in [0.1, 0.15) is 11.5 Å². The zero-order valence-corrected chi connectivity index (χ0v) is 9.47. The maximum Gasteiger partial charge on any atom is 0.241 e. The van der Waals surface area contributed by atoms with Crippen molar-refractivity contribution in [3.63, 3.8) is 0 Å². The van der Waals surface area contributed by atoms with Gasteiger partial charge in [-0.05, 0) is 12.8 Å². The second-order valence-electron chi connectivity index (χ2n) is 3.05. The highest BCUT2D eigenvalue weighted by Crippen LogP contribution is 2.30. The van der Waals surface area contributed by atoms with Crippen molar-refractivity contribution < 1.29 is 9.26 Å². The van der Waals surface area contributed by atoms with E-state index in [1.807, 2.05) is 13.8 Å². The standard InChI is InChI=1S/C9H15ClN2O2/c1-4-9(5-2,13-3)8-11-7(6-10)14-12-8/h4-6H2,1-3H3. The average Bonchev–Trinajstić information content (AvgIpc) is 2.71. The fraction of sp³-hybridized carbons (Fsp3) is 0.778. The predicted molar refractivity (Wildman–Crippen MR) is 53.1 cm³/mol. The zero-order chi connectivity index (χ0) is 10.6. The first-order valence-electron chi connectivity index (χ1n) is 4.66. The molecule has 4 nitrogen and oxygen atoms in total. The topological polar surface area (TPSA) is 48.2 Å². The Labute approximate surface area is 88.6 Å². The van der Waals surface area contributed by atoms with Gasteiger partial charge in [-0.15, -0.1) is 11.6 Å². The Kier molecular flexibility index (Phi) is 3.89. The summed E-state index contributed by atoms with van der Waals surface area (Å²) in [6.07, 6.45) is 1.61. The van der Waals surface area contributed by atoms with Gasteiger partial charge >= 0.3 is 0 Å². The number of aromatic nitrogens is 2. The molecule has 0 bridgehead atoms. The van der Waals surface area contributed by atoms with E-state index >= 15 is 0 Å². The van der Waals surface area contributed by atoms with Gasteiger partial charge in [-0.25, -0.2) is 0 Å². The Balaban J connectivity index is 2.98. The summed E-state index contributed by atoms with van der Waals surface area (Å²) in [5.74, 6) is 1.26. The van der Waals surface area contributed by atoms with Crippen molar-refractivity contribution in [2.24, 2.45) is 0 Å². The van der Waals surface area contributed by atoms with Crippen molar-refractivity contribution in [2.75, 3.05) is 7.11 Å². The Morgan fingerprint density at radius 1 is 1.43 bits per heavy atom. The molecule has 1 heterocycles. The van der Waals surface area contributed by atoms with Crippen molar-refractivity contribution in [2.45, 2.75) is 38.2 Å². The lowest BCUT2D eigenvalue weighted by molar-refractivity contribution is -0.0306. The van der Waals surface area contributed by atoms with E-state index in [9.17, 15) is 0 Å².